The number of halogens is 3. The first-order valence-corrected chi connectivity index (χ1v) is 13.6. The molecule has 0 radical (unpaired) electrons. The fourth-order valence-electron chi connectivity index (χ4n) is 5.66. The van der Waals surface area contributed by atoms with E-state index in [9.17, 15) is 22.8 Å². The first-order valence-electron chi connectivity index (χ1n) is 13.6. The lowest BCUT2D eigenvalue weighted by Gasteiger charge is -2.36. The number of nitrogens with zero attached hydrogens (tertiary/aromatic N) is 5. The summed E-state index contributed by atoms with van der Waals surface area (Å²) >= 11 is 0. The number of piperazine rings is 1. The van der Waals surface area contributed by atoms with Crippen LogP contribution in [0, 0.1) is 5.92 Å². The van der Waals surface area contributed by atoms with Crippen LogP contribution in [0.4, 0.5) is 25.0 Å². The maximum absolute atomic E-state index is 13.6. The van der Waals surface area contributed by atoms with Crippen LogP contribution < -0.4 is 9.80 Å². The molecule has 2 aliphatic heterocycles. The average Bonchev–Trinajstić information content (AvgIpc) is 3.60. The predicted molar refractivity (Wildman–Crippen MR) is 135 cm³/mol. The summed E-state index contributed by atoms with van der Waals surface area (Å²) in [5.41, 5.74) is -0.777. The van der Waals surface area contributed by atoms with Gasteiger partial charge in [0.15, 0.2) is 5.69 Å². The van der Waals surface area contributed by atoms with Gasteiger partial charge in [-0.25, -0.2) is 4.98 Å². The summed E-state index contributed by atoms with van der Waals surface area (Å²) in [4.78, 5) is 39.2. The Kier molecular flexibility index (Phi) is 7.90. The lowest BCUT2D eigenvalue weighted by atomic mass is 10.0. The van der Waals surface area contributed by atoms with Crippen LogP contribution in [0.3, 0.4) is 0 Å². The Balaban J connectivity index is 1.19. The normalized spacial score (nSPS) is 19.3. The number of pyridine rings is 1. The molecule has 2 aromatic rings. The molecule has 38 heavy (non-hydrogen) atoms. The van der Waals surface area contributed by atoms with Crippen molar-refractivity contribution in [3.8, 4) is 0 Å². The van der Waals surface area contributed by atoms with Gasteiger partial charge in [-0.15, -0.1) is 0 Å². The summed E-state index contributed by atoms with van der Waals surface area (Å²) in [6.45, 7) is 3.71. The zero-order valence-electron chi connectivity index (χ0n) is 21.5. The predicted octanol–water partition coefficient (Wildman–Crippen LogP) is 4.73. The van der Waals surface area contributed by atoms with Crippen LogP contribution in [0.15, 0.2) is 22.7 Å². The molecule has 0 atom stereocenters. The fourth-order valence-corrected chi connectivity index (χ4v) is 5.66. The average molecular weight is 534 g/mol. The van der Waals surface area contributed by atoms with Gasteiger partial charge in [0.2, 0.25) is 17.5 Å². The number of carbonyl (C=O) groups is 2. The van der Waals surface area contributed by atoms with Gasteiger partial charge in [-0.05, 0) is 49.7 Å². The minimum Gasteiger partial charge on any atom is -0.420 e. The number of piperidine rings is 1. The Morgan fingerprint density at radius 3 is 2.26 bits per heavy atom. The van der Waals surface area contributed by atoms with Crippen LogP contribution in [0.1, 0.15) is 73.2 Å². The van der Waals surface area contributed by atoms with Crippen molar-refractivity contribution in [1.82, 2.24) is 14.9 Å². The maximum atomic E-state index is 13.6. The van der Waals surface area contributed by atoms with Gasteiger partial charge < -0.3 is 19.1 Å². The second-order valence-electron chi connectivity index (χ2n) is 10.6. The van der Waals surface area contributed by atoms with E-state index in [4.69, 9.17) is 4.42 Å². The number of amides is 1. The lowest BCUT2D eigenvalue weighted by Crippen LogP contribution is -2.49. The van der Waals surface area contributed by atoms with E-state index in [1.807, 2.05) is 4.90 Å². The number of hydrogen-bond donors (Lipinski definition) is 0. The highest BCUT2D eigenvalue weighted by molar-refractivity contribution is 5.96. The molecule has 0 spiro atoms. The molecular formula is C27H34F3N5O3. The maximum Gasteiger partial charge on any atom is 0.437 e. The molecule has 3 aliphatic rings. The quantitative estimate of drug-likeness (QED) is 0.476. The van der Waals surface area contributed by atoms with Gasteiger partial charge in [-0.2, -0.15) is 18.2 Å². The van der Waals surface area contributed by atoms with Crippen molar-refractivity contribution in [3.05, 3.63) is 35.3 Å². The number of ketones is 1. The van der Waals surface area contributed by atoms with E-state index in [0.717, 1.165) is 32.1 Å². The van der Waals surface area contributed by atoms with E-state index in [2.05, 4.69) is 14.9 Å². The molecular weight excluding hydrogens is 499 g/mol. The number of Topliss-reactive ketones (excluding diaryl/α,β-unsaturated/α-hetero) is 1. The van der Waals surface area contributed by atoms with Crippen LogP contribution >= 0.6 is 0 Å². The van der Waals surface area contributed by atoms with Crippen molar-refractivity contribution >= 4 is 23.5 Å². The van der Waals surface area contributed by atoms with Gasteiger partial charge in [-0.1, -0.05) is 18.9 Å². The number of carbonyl (C=O) groups excluding carboxylic acids is 2. The van der Waals surface area contributed by atoms with Crippen LogP contribution in [-0.2, 0) is 17.4 Å². The highest BCUT2D eigenvalue weighted by atomic mass is 19.4. The van der Waals surface area contributed by atoms with Crippen LogP contribution in [-0.4, -0.2) is 65.8 Å². The molecule has 0 aromatic carbocycles. The summed E-state index contributed by atoms with van der Waals surface area (Å²) in [7, 11) is 0. The largest absolute Gasteiger partial charge is 0.437 e. The molecule has 0 unspecified atom stereocenters. The van der Waals surface area contributed by atoms with E-state index in [1.165, 1.54) is 19.0 Å². The minimum atomic E-state index is -4.79. The highest BCUT2D eigenvalue weighted by Gasteiger charge is 2.41. The standard InChI is InChI=1S/C27H34F3N5O3/c28-27(29,30)25-24(38-26(32-25)35-10-4-1-5-11-35)21(36)16-20-8-9-22(31-18-20)33-12-14-34(15-13-33)23(37)17-19-6-2-3-7-19/h8-9,18-19H,1-7,10-17H2. The molecule has 11 heteroatoms. The molecule has 206 valence electrons. The first-order chi connectivity index (χ1) is 18.3. The van der Waals surface area contributed by atoms with Gasteiger partial charge in [0, 0.05) is 58.3 Å². The minimum absolute atomic E-state index is 0.144. The lowest BCUT2D eigenvalue weighted by molar-refractivity contribution is -0.141. The fraction of sp³-hybridized carbons (Fsp3) is 0.630. The number of alkyl halides is 3. The Bertz CT molecular complexity index is 1110. The number of aromatic nitrogens is 2. The van der Waals surface area contributed by atoms with Crippen molar-refractivity contribution in [2.75, 3.05) is 49.1 Å². The third-order valence-electron chi connectivity index (χ3n) is 7.83. The highest BCUT2D eigenvalue weighted by Crippen LogP contribution is 2.35. The van der Waals surface area contributed by atoms with Crippen LogP contribution in [0.5, 0.6) is 0 Å². The number of anilines is 2. The third kappa shape index (κ3) is 6.13. The third-order valence-corrected chi connectivity index (χ3v) is 7.83. The van der Waals surface area contributed by atoms with E-state index >= 15 is 0 Å². The summed E-state index contributed by atoms with van der Waals surface area (Å²) in [5, 5.41) is 0. The van der Waals surface area contributed by atoms with Crippen LogP contribution in [0.2, 0.25) is 0 Å². The Morgan fingerprint density at radius 1 is 0.921 bits per heavy atom. The second-order valence-corrected chi connectivity index (χ2v) is 10.6. The molecule has 4 heterocycles. The molecule has 0 N–H and O–H groups in total. The Labute approximate surface area is 220 Å². The summed E-state index contributed by atoms with van der Waals surface area (Å²) in [6.07, 6.45) is 4.54. The molecule has 2 aromatic heterocycles. The Morgan fingerprint density at radius 2 is 1.63 bits per heavy atom. The van der Waals surface area contributed by atoms with Crippen molar-refractivity contribution in [1.29, 1.82) is 0 Å². The number of oxazole rings is 1. The second kappa shape index (κ2) is 11.3. The summed E-state index contributed by atoms with van der Waals surface area (Å²) in [5.74, 6) is -0.0601. The van der Waals surface area contributed by atoms with Crippen molar-refractivity contribution in [3.63, 3.8) is 0 Å². The summed E-state index contributed by atoms with van der Waals surface area (Å²) < 4.78 is 46.3. The summed E-state index contributed by atoms with van der Waals surface area (Å²) in [6, 6.07) is 3.32. The molecule has 1 aliphatic carbocycles. The zero-order chi connectivity index (χ0) is 26.7. The molecule has 1 amide bonds. The smallest absolute Gasteiger partial charge is 0.420 e. The molecule has 0 bridgehead atoms. The van der Waals surface area contributed by atoms with Gasteiger partial charge in [0.05, 0.1) is 0 Å². The molecule has 2 saturated heterocycles. The van der Waals surface area contributed by atoms with E-state index < -0.39 is 23.4 Å². The van der Waals surface area contributed by atoms with Crippen molar-refractivity contribution in [2.24, 2.45) is 5.92 Å². The SMILES string of the molecule is O=C(Cc1ccc(N2CCN(C(=O)CC3CCCC3)CC2)nc1)c1oc(N2CCCCC2)nc1C(F)(F)F. The van der Waals surface area contributed by atoms with E-state index in [0.29, 0.717) is 63.0 Å². The van der Waals surface area contributed by atoms with Gasteiger partial charge in [0.25, 0.3) is 6.01 Å². The molecule has 8 nitrogen and oxygen atoms in total. The molecule has 5 rings (SSSR count). The number of hydrogen-bond acceptors (Lipinski definition) is 7. The van der Waals surface area contributed by atoms with Gasteiger partial charge in [-0.3, -0.25) is 9.59 Å². The van der Waals surface area contributed by atoms with Gasteiger partial charge in [0.1, 0.15) is 5.82 Å². The Hall–Kier alpha value is -3.11. The topological polar surface area (TPSA) is 82.8 Å². The molecule has 3 fully saturated rings. The monoisotopic (exact) mass is 533 g/mol. The number of rotatable bonds is 7. The first kappa shape index (κ1) is 26.5. The zero-order valence-corrected chi connectivity index (χ0v) is 21.5. The molecule has 1 saturated carbocycles. The van der Waals surface area contributed by atoms with Gasteiger partial charge >= 0.3 is 6.18 Å². The van der Waals surface area contributed by atoms with Crippen molar-refractivity contribution < 1.29 is 27.2 Å². The van der Waals surface area contributed by atoms with Crippen LogP contribution in [0.25, 0.3) is 0 Å². The van der Waals surface area contributed by atoms with Crippen molar-refractivity contribution in [2.45, 2.75) is 64.0 Å². The van der Waals surface area contributed by atoms with E-state index in [-0.39, 0.29) is 18.3 Å². The van der Waals surface area contributed by atoms with E-state index in [1.54, 1.807) is 17.0 Å².